The molecule has 4 heteroatoms. The Morgan fingerprint density at radius 3 is 2.47 bits per heavy atom. The van der Waals surface area contributed by atoms with Crippen molar-refractivity contribution in [3.05, 3.63) is 24.3 Å². The molecule has 0 aromatic heterocycles. The molecule has 1 aromatic rings. The molecule has 3 atom stereocenters. The van der Waals surface area contributed by atoms with Gasteiger partial charge in [-0.2, -0.15) is 0 Å². The number of rotatable bonds is 2. The highest BCUT2D eigenvalue weighted by Crippen LogP contribution is 2.26. The Labute approximate surface area is 89.4 Å². The predicted molar refractivity (Wildman–Crippen MR) is 60.5 cm³/mol. The molecule has 1 aliphatic carbocycles. The van der Waals surface area contributed by atoms with Crippen LogP contribution >= 0.6 is 0 Å². The van der Waals surface area contributed by atoms with E-state index in [0.717, 1.165) is 12.8 Å². The fourth-order valence-electron chi connectivity index (χ4n) is 1.96. The Kier molecular flexibility index (Phi) is 2.79. The standard InChI is InChI=1S/C11H17N3O/c12-7-5-9(14)11(6-7)15-10-4-2-1-3-8(10)13/h1-4,7,9,11H,5-6,12-14H2/t7-,9+,11+/m1/s1. The number of nitrogens with two attached hydrogens (primary N) is 3. The van der Waals surface area contributed by atoms with Gasteiger partial charge < -0.3 is 21.9 Å². The lowest BCUT2D eigenvalue weighted by atomic mass is 10.2. The van der Waals surface area contributed by atoms with Gasteiger partial charge in [-0.25, -0.2) is 0 Å². The van der Waals surface area contributed by atoms with Gasteiger partial charge in [-0.05, 0) is 18.6 Å². The maximum absolute atomic E-state index is 5.92. The first kappa shape index (κ1) is 10.3. The van der Waals surface area contributed by atoms with E-state index in [9.17, 15) is 0 Å². The number of benzene rings is 1. The average molecular weight is 207 g/mol. The quantitative estimate of drug-likeness (QED) is 0.615. The van der Waals surface area contributed by atoms with Crippen LogP contribution in [-0.2, 0) is 0 Å². The molecule has 1 fully saturated rings. The van der Waals surface area contributed by atoms with Crippen LogP contribution in [0.5, 0.6) is 5.75 Å². The Hall–Kier alpha value is -1.26. The second-order valence-corrected chi connectivity index (χ2v) is 4.09. The Balaban J connectivity index is 2.06. The minimum absolute atomic E-state index is 0.00954. The van der Waals surface area contributed by atoms with Gasteiger partial charge >= 0.3 is 0 Å². The molecule has 2 rings (SSSR count). The van der Waals surface area contributed by atoms with Crippen molar-refractivity contribution in [1.82, 2.24) is 0 Å². The average Bonchev–Trinajstić information content (AvgIpc) is 2.49. The molecule has 4 nitrogen and oxygen atoms in total. The topological polar surface area (TPSA) is 87.3 Å². The lowest BCUT2D eigenvalue weighted by Gasteiger charge is -2.18. The molecular weight excluding hydrogens is 190 g/mol. The van der Waals surface area contributed by atoms with Crippen LogP contribution in [-0.4, -0.2) is 18.2 Å². The first-order valence-electron chi connectivity index (χ1n) is 5.19. The number of hydrogen-bond acceptors (Lipinski definition) is 4. The zero-order chi connectivity index (χ0) is 10.8. The van der Waals surface area contributed by atoms with E-state index in [0.29, 0.717) is 11.4 Å². The first-order valence-corrected chi connectivity index (χ1v) is 5.19. The highest BCUT2D eigenvalue weighted by Gasteiger charge is 2.31. The van der Waals surface area contributed by atoms with Crippen molar-refractivity contribution >= 4 is 5.69 Å². The minimum atomic E-state index is -0.00954. The molecule has 0 aliphatic heterocycles. The molecular formula is C11H17N3O. The van der Waals surface area contributed by atoms with Crippen molar-refractivity contribution < 1.29 is 4.74 Å². The SMILES string of the molecule is Nc1ccccc1O[C@H]1C[C@H](N)C[C@@H]1N. The zero-order valence-corrected chi connectivity index (χ0v) is 8.60. The van der Waals surface area contributed by atoms with E-state index in [1.807, 2.05) is 24.3 Å². The third-order valence-electron chi connectivity index (χ3n) is 2.78. The fourth-order valence-corrected chi connectivity index (χ4v) is 1.96. The molecule has 0 saturated heterocycles. The maximum atomic E-state index is 5.92. The molecule has 1 saturated carbocycles. The van der Waals surface area contributed by atoms with Crippen LogP contribution in [0.15, 0.2) is 24.3 Å². The van der Waals surface area contributed by atoms with Crippen LogP contribution in [0.25, 0.3) is 0 Å². The van der Waals surface area contributed by atoms with Crippen LogP contribution in [0.4, 0.5) is 5.69 Å². The van der Waals surface area contributed by atoms with E-state index < -0.39 is 0 Å². The summed E-state index contributed by atoms with van der Waals surface area (Å²) in [6, 6.07) is 7.60. The van der Waals surface area contributed by atoms with Crippen LogP contribution in [0.3, 0.4) is 0 Å². The van der Waals surface area contributed by atoms with Gasteiger partial charge in [0.2, 0.25) is 0 Å². The van der Waals surface area contributed by atoms with Gasteiger partial charge in [0.05, 0.1) is 5.69 Å². The summed E-state index contributed by atoms with van der Waals surface area (Å²) in [6.07, 6.45) is 1.61. The van der Waals surface area contributed by atoms with Crippen molar-refractivity contribution in [2.24, 2.45) is 11.5 Å². The van der Waals surface area contributed by atoms with Crippen molar-refractivity contribution in [1.29, 1.82) is 0 Å². The Bertz CT molecular complexity index is 342. The molecule has 0 heterocycles. The summed E-state index contributed by atoms with van der Waals surface area (Å²) in [5.41, 5.74) is 18.2. The van der Waals surface area contributed by atoms with Gasteiger partial charge in [-0.3, -0.25) is 0 Å². The summed E-state index contributed by atoms with van der Waals surface area (Å²) >= 11 is 0. The molecule has 0 unspecified atom stereocenters. The summed E-state index contributed by atoms with van der Waals surface area (Å²) in [5.74, 6) is 0.701. The van der Waals surface area contributed by atoms with E-state index in [-0.39, 0.29) is 18.2 Å². The smallest absolute Gasteiger partial charge is 0.142 e. The molecule has 0 spiro atoms. The Morgan fingerprint density at radius 1 is 1.13 bits per heavy atom. The number of anilines is 1. The third kappa shape index (κ3) is 2.22. The van der Waals surface area contributed by atoms with E-state index >= 15 is 0 Å². The van der Waals surface area contributed by atoms with Gasteiger partial charge in [0.15, 0.2) is 0 Å². The fraction of sp³-hybridized carbons (Fsp3) is 0.455. The summed E-state index contributed by atoms with van der Waals surface area (Å²) < 4.78 is 5.76. The third-order valence-corrected chi connectivity index (χ3v) is 2.78. The Morgan fingerprint density at radius 2 is 1.87 bits per heavy atom. The summed E-state index contributed by atoms with van der Waals surface area (Å²) in [7, 11) is 0. The summed E-state index contributed by atoms with van der Waals surface area (Å²) in [4.78, 5) is 0. The molecule has 0 radical (unpaired) electrons. The van der Waals surface area contributed by atoms with Gasteiger partial charge in [0, 0.05) is 18.5 Å². The number of ether oxygens (including phenoxy) is 1. The van der Waals surface area contributed by atoms with Crippen molar-refractivity contribution in [3.8, 4) is 5.75 Å². The minimum Gasteiger partial charge on any atom is -0.487 e. The van der Waals surface area contributed by atoms with E-state index in [4.69, 9.17) is 21.9 Å². The molecule has 1 aliphatic rings. The highest BCUT2D eigenvalue weighted by molar-refractivity contribution is 5.51. The number of hydrogen-bond donors (Lipinski definition) is 3. The second-order valence-electron chi connectivity index (χ2n) is 4.09. The van der Waals surface area contributed by atoms with Crippen LogP contribution in [0.1, 0.15) is 12.8 Å². The van der Waals surface area contributed by atoms with Crippen molar-refractivity contribution in [2.75, 3.05) is 5.73 Å². The van der Waals surface area contributed by atoms with Gasteiger partial charge in [-0.1, -0.05) is 12.1 Å². The van der Waals surface area contributed by atoms with Crippen LogP contribution in [0.2, 0.25) is 0 Å². The highest BCUT2D eigenvalue weighted by atomic mass is 16.5. The van der Waals surface area contributed by atoms with E-state index in [1.165, 1.54) is 0 Å². The first-order chi connectivity index (χ1) is 7.16. The second kappa shape index (κ2) is 4.08. The molecule has 1 aromatic carbocycles. The summed E-state index contributed by atoms with van der Waals surface area (Å²) in [5, 5.41) is 0. The number of para-hydroxylation sites is 2. The van der Waals surface area contributed by atoms with Crippen molar-refractivity contribution in [3.63, 3.8) is 0 Å². The molecule has 6 N–H and O–H groups in total. The largest absolute Gasteiger partial charge is 0.487 e. The van der Waals surface area contributed by atoms with Crippen LogP contribution < -0.4 is 21.9 Å². The lowest BCUT2D eigenvalue weighted by Crippen LogP contribution is -2.33. The van der Waals surface area contributed by atoms with Crippen LogP contribution in [0, 0.1) is 0 Å². The van der Waals surface area contributed by atoms with Gasteiger partial charge in [0.25, 0.3) is 0 Å². The van der Waals surface area contributed by atoms with Gasteiger partial charge in [0.1, 0.15) is 11.9 Å². The molecule has 0 amide bonds. The maximum Gasteiger partial charge on any atom is 0.142 e. The molecule has 0 bridgehead atoms. The predicted octanol–water partition coefficient (Wildman–Crippen LogP) is 0.465. The normalized spacial score (nSPS) is 30.4. The summed E-state index contributed by atoms with van der Waals surface area (Å²) in [6.45, 7) is 0. The molecule has 15 heavy (non-hydrogen) atoms. The van der Waals surface area contributed by atoms with E-state index in [2.05, 4.69) is 0 Å². The van der Waals surface area contributed by atoms with Gasteiger partial charge in [-0.15, -0.1) is 0 Å². The molecule has 82 valence electrons. The monoisotopic (exact) mass is 207 g/mol. The number of nitrogen functional groups attached to an aromatic ring is 1. The zero-order valence-electron chi connectivity index (χ0n) is 8.60. The van der Waals surface area contributed by atoms with E-state index in [1.54, 1.807) is 0 Å². The lowest BCUT2D eigenvalue weighted by molar-refractivity contribution is 0.191. The van der Waals surface area contributed by atoms with Crippen molar-refractivity contribution in [2.45, 2.75) is 31.0 Å².